The molecule has 2 heterocycles. The summed E-state index contributed by atoms with van der Waals surface area (Å²) in [5, 5.41) is 4.50. The number of benzene rings is 1. The molecule has 5 heteroatoms. The first-order chi connectivity index (χ1) is 9.24. The van der Waals surface area contributed by atoms with Gasteiger partial charge in [-0.2, -0.15) is 0 Å². The summed E-state index contributed by atoms with van der Waals surface area (Å²) in [6.07, 6.45) is 5.55. The molecule has 0 aliphatic rings. The SMILES string of the molecule is Cn1ccnc1CNc1cccc2cc(Br)cnc12. The van der Waals surface area contributed by atoms with Gasteiger partial charge >= 0.3 is 0 Å². The number of hydrogen-bond acceptors (Lipinski definition) is 3. The number of pyridine rings is 1. The van der Waals surface area contributed by atoms with Crippen LogP contribution in [0.15, 0.2) is 47.3 Å². The molecule has 0 aliphatic heterocycles. The first kappa shape index (κ1) is 12.2. The smallest absolute Gasteiger partial charge is 0.127 e. The minimum atomic E-state index is 0.681. The molecule has 96 valence electrons. The fourth-order valence-corrected chi connectivity index (χ4v) is 2.37. The molecule has 0 bridgehead atoms. The van der Waals surface area contributed by atoms with Crippen molar-refractivity contribution in [2.45, 2.75) is 6.54 Å². The Bertz CT molecular complexity index is 720. The second-order valence-corrected chi connectivity index (χ2v) is 5.25. The van der Waals surface area contributed by atoms with Crippen LogP contribution in [0, 0.1) is 0 Å². The molecule has 0 unspecified atom stereocenters. The largest absolute Gasteiger partial charge is 0.376 e. The third kappa shape index (κ3) is 2.46. The third-order valence-corrected chi connectivity index (χ3v) is 3.47. The molecule has 4 nitrogen and oxygen atoms in total. The lowest BCUT2D eigenvalue weighted by Crippen LogP contribution is -2.06. The number of hydrogen-bond donors (Lipinski definition) is 1. The maximum Gasteiger partial charge on any atom is 0.127 e. The van der Waals surface area contributed by atoms with E-state index in [0.717, 1.165) is 26.9 Å². The van der Waals surface area contributed by atoms with Gasteiger partial charge in [-0.3, -0.25) is 4.98 Å². The molecular formula is C14H13BrN4. The number of nitrogens with zero attached hydrogens (tertiary/aromatic N) is 3. The number of para-hydroxylation sites is 1. The fraction of sp³-hybridized carbons (Fsp3) is 0.143. The Morgan fingerprint density at radius 1 is 1.32 bits per heavy atom. The molecule has 1 aromatic carbocycles. The highest BCUT2D eigenvalue weighted by atomic mass is 79.9. The van der Waals surface area contributed by atoms with Crippen molar-refractivity contribution in [1.29, 1.82) is 0 Å². The van der Waals surface area contributed by atoms with Crippen LogP contribution in [-0.2, 0) is 13.6 Å². The predicted molar refractivity (Wildman–Crippen MR) is 80.0 cm³/mol. The first-order valence-electron chi connectivity index (χ1n) is 5.98. The Morgan fingerprint density at radius 2 is 2.21 bits per heavy atom. The van der Waals surface area contributed by atoms with Crippen LogP contribution in [0.5, 0.6) is 0 Å². The van der Waals surface area contributed by atoms with Crippen LogP contribution < -0.4 is 5.32 Å². The number of rotatable bonds is 3. The molecule has 3 rings (SSSR count). The van der Waals surface area contributed by atoms with Crippen LogP contribution in [0.4, 0.5) is 5.69 Å². The van der Waals surface area contributed by atoms with Crippen molar-refractivity contribution < 1.29 is 0 Å². The highest BCUT2D eigenvalue weighted by Crippen LogP contribution is 2.24. The number of aryl methyl sites for hydroxylation is 1. The van der Waals surface area contributed by atoms with Gasteiger partial charge in [0.1, 0.15) is 5.82 Å². The van der Waals surface area contributed by atoms with E-state index in [2.05, 4.69) is 43.3 Å². The van der Waals surface area contributed by atoms with Crippen molar-refractivity contribution in [2.75, 3.05) is 5.32 Å². The zero-order chi connectivity index (χ0) is 13.2. The van der Waals surface area contributed by atoms with Crippen molar-refractivity contribution in [3.05, 3.63) is 53.2 Å². The molecule has 0 spiro atoms. The number of aromatic nitrogens is 3. The van der Waals surface area contributed by atoms with Gasteiger partial charge in [-0.25, -0.2) is 4.98 Å². The number of fused-ring (bicyclic) bond motifs is 1. The average Bonchev–Trinajstić information content (AvgIpc) is 2.81. The van der Waals surface area contributed by atoms with E-state index in [1.165, 1.54) is 0 Å². The van der Waals surface area contributed by atoms with Gasteiger partial charge in [0, 0.05) is 35.5 Å². The van der Waals surface area contributed by atoms with Crippen molar-refractivity contribution in [3.63, 3.8) is 0 Å². The summed E-state index contributed by atoms with van der Waals surface area (Å²) in [6.45, 7) is 0.681. The number of imidazole rings is 1. The maximum atomic E-state index is 4.47. The molecule has 19 heavy (non-hydrogen) atoms. The van der Waals surface area contributed by atoms with Gasteiger partial charge in [0.25, 0.3) is 0 Å². The monoisotopic (exact) mass is 316 g/mol. The van der Waals surface area contributed by atoms with Crippen LogP contribution in [-0.4, -0.2) is 14.5 Å². The van der Waals surface area contributed by atoms with Crippen molar-refractivity contribution >= 4 is 32.5 Å². The van der Waals surface area contributed by atoms with E-state index >= 15 is 0 Å². The highest BCUT2D eigenvalue weighted by Gasteiger charge is 2.04. The molecule has 0 fully saturated rings. The van der Waals surface area contributed by atoms with Gasteiger partial charge in [-0.15, -0.1) is 0 Å². The van der Waals surface area contributed by atoms with Crippen molar-refractivity contribution in [2.24, 2.45) is 7.05 Å². The molecule has 1 N–H and O–H groups in total. The summed E-state index contributed by atoms with van der Waals surface area (Å²) >= 11 is 3.44. The Balaban J connectivity index is 1.91. The molecule has 0 amide bonds. The molecule has 3 aromatic rings. The topological polar surface area (TPSA) is 42.7 Å². The molecule has 0 atom stereocenters. The predicted octanol–water partition coefficient (Wildman–Crippen LogP) is 3.34. The lowest BCUT2D eigenvalue weighted by atomic mass is 10.2. The molecule has 0 saturated heterocycles. The summed E-state index contributed by atoms with van der Waals surface area (Å²) in [5.74, 6) is 0.995. The van der Waals surface area contributed by atoms with E-state index in [0.29, 0.717) is 6.54 Å². The van der Waals surface area contributed by atoms with Gasteiger partial charge in [-0.1, -0.05) is 12.1 Å². The summed E-state index contributed by atoms with van der Waals surface area (Å²) in [5.41, 5.74) is 1.99. The first-order valence-corrected chi connectivity index (χ1v) is 6.78. The van der Waals surface area contributed by atoms with Crippen LogP contribution in [0.3, 0.4) is 0 Å². The van der Waals surface area contributed by atoms with Crippen molar-refractivity contribution in [1.82, 2.24) is 14.5 Å². The second kappa shape index (κ2) is 5.01. The summed E-state index contributed by atoms with van der Waals surface area (Å²) < 4.78 is 2.99. The number of anilines is 1. The highest BCUT2D eigenvalue weighted by molar-refractivity contribution is 9.10. The summed E-state index contributed by atoms with van der Waals surface area (Å²) in [7, 11) is 1.99. The average molecular weight is 317 g/mol. The van der Waals surface area contributed by atoms with E-state index in [1.54, 1.807) is 6.20 Å². The Kier molecular flexibility index (Phi) is 3.21. The van der Waals surface area contributed by atoms with Crippen molar-refractivity contribution in [3.8, 4) is 0 Å². The third-order valence-electron chi connectivity index (χ3n) is 3.04. The van der Waals surface area contributed by atoms with Crippen LogP contribution in [0.1, 0.15) is 5.82 Å². The lowest BCUT2D eigenvalue weighted by Gasteiger charge is -2.09. The quantitative estimate of drug-likeness (QED) is 0.805. The minimum Gasteiger partial charge on any atom is -0.376 e. The Labute approximate surface area is 119 Å². The van der Waals surface area contributed by atoms with Crippen LogP contribution >= 0.6 is 15.9 Å². The molecule has 0 aliphatic carbocycles. The molecule has 2 aromatic heterocycles. The normalized spacial score (nSPS) is 10.8. The molecular weight excluding hydrogens is 304 g/mol. The minimum absolute atomic E-state index is 0.681. The maximum absolute atomic E-state index is 4.47. The van der Waals surface area contributed by atoms with Gasteiger partial charge in [0.2, 0.25) is 0 Å². The zero-order valence-electron chi connectivity index (χ0n) is 10.5. The van der Waals surface area contributed by atoms with E-state index in [1.807, 2.05) is 36.1 Å². The van der Waals surface area contributed by atoms with Gasteiger partial charge in [-0.05, 0) is 28.1 Å². The zero-order valence-corrected chi connectivity index (χ0v) is 12.1. The van der Waals surface area contributed by atoms with E-state index in [4.69, 9.17) is 0 Å². The Hall–Kier alpha value is -1.88. The van der Waals surface area contributed by atoms with Gasteiger partial charge in [0.05, 0.1) is 17.7 Å². The number of halogens is 1. The van der Waals surface area contributed by atoms with E-state index in [-0.39, 0.29) is 0 Å². The second-order valence-electron chi connectivity index (χ2n) is 4.34. The van der Waals surface area contributed by atoms with Gasteiger partial charge < -0.3 is 9.88 Å². The summed E-state index contributed by atoms with van der Waals surface area (Å²) in [4.78, 5) is 8.76. The standard InChI is InChI=1S/C14H13BrN4/c1-19-6-5-16-13(19)9-17-12-4-2-3-10-7-11(15)8-18-14(10)12/h2-8,17H,9H2,1H3. The van der Waals surface area contributed by atoms with Crippen LogP contribution in [0.2, 0.25) is 0 Å². The number of nitrogens with one attached hydrogen (secondary N) is 1. The molecule has 0 radical (unpaired) electrons. The van der Waals surface area contributed by atoms with E-state index in [9.17, 15) is 0 Å². The van der Waals surface area contributed by atoms with Gasteiger partial charge in [0.15, 0.2) is 0 Å². The Morgan fingerprint density at radius 3 is 3.00 bits per heavy atom. The van der Waals surface area contributed by atoms with E-state index < -0.39 is 0 Å². The lowest BCUT2D eigenvalue weighted by molar-refractivity contribution is 0.813. The molecule has 0 saturated carbocycles. The van der Waals surface area contributed by atoms with Crippen LogP contribution in [0.25, 0.3) is 10.9 Å². The summed E-state index contributed by atoms with van der Waals surface area (Å²) in [6, 6.07) is 8.18. The fourth-order valence-electron chi connectivity index (χ4n) is 2.02.